The topological polar surface area (TPSA) is 77.1 Å². The number of aromatic nitrogens is 1. The lowest BCUT2D eigenvalue weighted by Gasteiger charge is -2.16. The normalized spacial score (nSPS) is 10.3. The Morgan fingerprint density at radius 1 is 1.25 bits per heavy atom. The van der Waals surface area contributed by atoms with Crippen LogP contribution >= 0.6 is 0 Å². The van der Waals surface area contributed by atoms with Crippen molar-refractivity contribution in [2.45, 2.75) is 6.92 Å². The summed E-state index contributed by atoms with van der Waals surface area (Å²) in [5.41, 5.74) is 7.65. The second kappa shape index (κ2) is 5.21. The molecule has 0 fully saturated rings. The van der Waals surface area contributed by atoms with Crippen LogP contribution in [0, 0.1) is 6.92 Å². The van der Waals surface area contributed by atoms with E-state index in [1.54, 1.807) is 18.7 Å². The van der Waals surface area contributed by atoms with E-state index in [1.807, 2.05) is 31.2 Å². The van der Waals surface area contributed by atoms with Gasteiger partial charge in [-0.1, -0.05) is 29.8 Å². The van der Waals surface area contributed by atoms with Crippen LogP contribution in [0.3, 0.4) is 0 Å². The van der Waals surface area contributed by atoms with Gasteiger partial charge in [-0.25, -0.2) is 0 Å². The van der Waals surface area contributed by atoms with E-state index in [2.05, 4.69) is 5.32 Å². The quantitative estimate of drug-likeness (QED) is 0.888. The molecule has 1 aromatic heterocycles. The van der Waals surface area contributed by atoms with Crippen LogP contribution in [0.15, 0.2) is 35.1 Å². The van der Waals surface area contributed by atoms with Crippen molar-refractivity contribution in [2.24, 2.45) is 12.8 Å². The summed E-state index contributed by atoms with van der Waals surface area (Å²) in [7, 11) is 3.44. The summed E-state index contributed by atoms with van der Waals surface area (Å²) in [5.74, 6) is -0.314. The lowest BCUT2D eigenvalue weighted by atomic mass is 10.1. The average Bonchev–Trinajstić information content (AvgIpc) is 2.41. The van der Waals surface area contributed by atoms with Gasteiger partial charge < -0.3 is 15.6 Å². The number of rotatable bonds is 3. The first-order chi connectivity index (χ1) is 9.45. The molecule has 1 amide bonds. The maximum Gasteiger partial charge on any atom is 0.256 e. The van der Waals surface area contributed by atoms with Crippen molar-refractivity contribution >= 4 is 11.7 Å². The van der Waals surface area contributed by atoms with Gasteiger partial charge in [-0.05, 0) is 12.5 Å². The summed E-state index contributed by atoms with van der Waals surface area (Å²) >= 11 is 0. The molecule has 0 radical (unpaired) electrons. The van der Waals surface area contributed by atoms with E-state index in [9.17, 15) is 9.59 Å². The van der Waals surface area contributed by atoms with Crippen LogP contribution in [0.2, 0.25) is 0 Å². The molecule has 1 heterocycles. The lowest BCUT2D eigenvalue weighted by molar-refractivity contribution is 0.0999. The zero-order valence-electron chi connectivity index (χ0n) is 11.7. The number of aryl methyl sites for hydroxylation is 1. The number of hydrogen-bond acceptors (Lipinski definition) is 3. The van der Waals surface area contributed by atoms with Crippen molar-refractivity contribution in [1.29, 1.82) is 0 Å². The fourth-order valence-corrected chi connectivity index (χ4v) is 2.23. The molecule has 2 rings (SSSR count). The maximum absolute atomic E-state index is 12.1. The first-order valence-electron chi connectivity index (χ1n) is 6.24. The summed E-state index contributed by atoms with van der Waals surface area (Å²) in [6.07, 6.45) is 0. The average molecular weight is 271 g/mol. The molecular weight excluding hydrogens is 254 g/mol. The third-order valence-corrected chi connectivity index (χ3v) is 3.28. The highest BCUT2D eigenvalue weighted by Gasteiger charge is 2.17. The number of primary amides is 1. The van der Waals surface area contributed by atoms with Crippen LogP contribution in [0.4, 0.5) is 5.82 Å². The minimum Gasteiger partial charge on any atom is -0.374 e. The molecule has 0 atom stereocenters. The molecule has 0 spiro atoms. The van der Waals surface area contributed by atoms with Crippen molar-refractivity contribution < 1.29 is 4.79 Å². The number of nitrogens with one attached hydrogen (secondary N) is 1. The minimum absolute atomic E-state index is 0.0224. The van der Waals surface area contributed by atoms with Gasteiger partial charge in [-0.3, -0.25) is 9.59 Å². The van der Waals surface area contributed by atoms with Crippen LogP contribution in [-0.4, -0.2) is 17.5 Å². The Hall–Kier alpha value is -2.56. The molecule has 20 heavy (non-hydrogen) atoms. The van der Waals surface area contributed by atoms with Crippen LogP contribution in [0.25, 0.3) is 11.3 Å². The van der Waals surface area contributed by atoms with Gasteiger partial charge in [0.15, 0.2) is 5.43 Å². The Labute approximate surface area is 117 Å². The molecule has 0 unspecified atom stereocenters. The molecule has 0 aliphatic carbocycles. The van der Waals surface area contributed by atoms with Gasteiger partial charge in [0.25, 0.3) is 5.91 Å². The monoisotopic (exact) mass is 271 g/mol. The second-order valence-electron chi connectivity index (χ2n) is 4.66. The van der Waals surface area contributed by atoms with E-state index in [4.69, 9.17) is 5.73 Å². The van der Waals surface area contributed by atoms with Crippen LogP contribution in [0.1, 0.15) is 15.9 Å². The molecule has 0 aliphatic rings. The SMILES string of the molecule is CNc1c(C(N)=O)c(=O)cc(-c2ccc(C)cc2)n1C. The summed E-state index contributed by atoms with van der Waals surface area (Å²) < 4.78 is 1.76. The number of benzene rings is 1. The van der Waals surface area contributed by atoms with Crippen molar-refractivity contribution in [3.8, 4) is 11.3 Å². The largest absolute Gasteiger partial charge is 0.374 e. The van der Waals surface area contributed by atoms with E-state index in [0.717, 1.165) is 16.8 Å². The van der Waals surface area contributed by atoms with Crippen molar-refractivity contribution in [3.05, 3.63) is 51.7 Å². The van der Waals surface area contributed by atoms with E-state index in [-0.39, 0.29) is 11.0 Å². The molecule has 0 aliphatic heterocycles. The molecule has 5 nitrogen and oxygen atoms in total. The molecule has 0 bridgehead atoms. The Morgan fingerprint density at radius 3 is 2.35 bits per heavy atom. The number of amides is 1. The first kappa shape index (κ1) is 13.9. The van der Waals surface area contributed by atoms with Crippen molar-refractivity contribution in [1.82, 2.24) is 4.57 Å². The number of anilines is 1. The predicted octanol–water partition coefficient (Wildman–Crippen LogP) is 1.50. The highest BCUT2D eigenvalue weighted by atomic mass is 16.2. The van der Waals surface area contributed by atoms with Gasteiger partial charge in [0.1, 0.15) is 11.4 Å². The zero-order valence-corrected chi connectivity index (χ0v) is 11.7. The number of pyridine rings is 1. The Balaban J connectivity index is 2.74. The standard InChI is InChI=1S/C15H17N3O2/c1-9-4-6-10(7-5-9)11-8-12(19)13(14(16)20)15(17-2)18(11)3/h4-8,17H,1-3H3,(H2,16,20). The van der Waals surface area contributed by atoms with E-state index in [0.29, 0.717) is 5.82 Å². The fourth-order valence-electron chi connectivity index (χ4n) is 2.23. The lowest BCUT2D eigenvalue weighted by Crippen LogP contribution is -2.26. The second-order valence-corrected chi connectivity index (χ2v) is 4.66. The molecule has 3 N–H and O–H groups in total. The number of nitrogens with two attached hydrogens (primary N) is 1. The van der Waals surface area contributed by atoms with Crippen molar-refractivity contribution in [2.75, 3.05) is 12.4 Å². The Kier molecular flexibility index (Phi) is 3.61. The summed E-state index contributed by atoms with van der Waals surface area (Å²) in [5, 5.41) is 2.87. The van der Waals surface area contributed by atoms with Gasteiger partial charge in [-0.2, -0.15) is 0 Å². The predicted molar refractivity (Wildman–Crippen MR) is 79.9 cm³/mol. The smallest absolute Gasteiger partial charge is 0.256 e. The van der Waals surface area contributed by atoms with Gasteiger partial charge >= 0.3 is 0 Å². The highest BCUT2D eigenvalue weighted by Crippen LogP contribution is 2.22. The highest BCUT2D eigenvalue weighted by molar-refractivity contribution is 5.98. The number of carbonyl (C=O) groups is 1. The van der Waals surface area contributed by atoms with E-state index in [1.165, 1.54) is 6.07 Å². The molecule has 0 saturated heterocycles. The van der Waals surface area contributed by atoms with E-state index < -0.39 is 5.91 Å². The van der Waals surface area contributed by atoms with Gasteiger partial charge in [-0.15, -0.1) is 0 Å². The number of carbonyl (C=O) groups excluding carboxylic acids is 1. The molecule has 5 heteroatoms. The first-order valence-corrected chi connectivity index (χ1v) is 6.24. The molecule has 1 aromatic carbocycles. The third kappa shape index (κ3) is 2.30. The Morgan fingerprint density at radius 2 is 1.85 bits per heavy atom. The van der Waals surface area contributed by atoms with Crippen LogP contribution < -0.4 is 16.5 Å². The minimum atomic E-state index is -0.731. The summed E-state index contributed by atoms with van der Waals surface area (Å²) in [4.78, 5) is 23.5. The molecule has 0 saturated carbocycles. The van der Waals surface area contributed by atoms with Crippen LogP contribution in [-0.2, 0) is 7.05 Å². The van der Waals surface area contributed by atoms with Gasteiger partial charge in [0, 0.05) is 20.2 Å². The third-order valence-electron chi connectivity index (χ3n) is 3.28. The van der Waals surface area contributed by atoms with Crippen molar-refractivity contribution in [3.63, 3.8) is 0 Å². The summed E-state index contributed by atoms with van der Waals surface area (Å²) in [6, 6.07) is 9.26. The Bertz CT molecular complexity index is 715. The maximum atomic E-state index is 12.1. The molecule has 2 aromatic rings. The number of nitrogens with zero attached hydrogens (tertiary/aromatic N) is 1. The van der Waals surface area contributed by atoms with Gasteiger partial charge in [0.05, 0.1) is 5.69 Å². The zero-order chi connectivity index (χ0) is 14.9. The van der Waals surface area contributed by atoms with Gasteiger partial charge in [0.2, 0.25) is 0 Å². The molecular formula is C15H17N3O2. The number of hydrogen-bond donors (Lipinski definition) is 2. The molecule has 104 valence electrons. The fraction of sp³-hybridized carbons (Fsp3) is 0.200. The van der Waals surface area contributed by atoms with Crippen LogP contribution in [0.5, 0.6) is 0 Å². The summed E-state index contributed by atoms with van der Waals surface area (Å²) in [6.45, 7) is 2.00. The van der Waals surface area contributed by atoms with E-state index >= 15 is 0 Å².